The lowest BCUT2D eigenvalue weighted by molar-refractivity contribution is 0.436. The number of nitrogens with zero attached hydrogens (tertiary/aromatic N) is 2. The molecule has 1 N–H and O–H groups in total. The summed E-state index contributed by atoms with van der Waals surface area (Å²) in [4.78, 5) is 0. The Bertz CT molecular complexity index is 366. The van der Waals surface area contributed by atoms with Gasteiger partial charge in [0.15, 0.2) is 0 Å². The highest BCUT2D eigenvalue weighted by Crippen LogP contribution is 2.47. The van der Waals surface area contributed by atoms with Gasteiger partial charge in [0.2, 0.25) is 0 Å². The Morgan fingerprint density at radius 1 is 1.44 bits per heavy atom. The molecule has 1 aromatic heterocycles. The summed E-state index contributed by atoms with van der Waals surface area (Å²) in [7, 11) is 0. The summed E-state index contributed by atoms with van der Waals surface area (Å²) < 4.78 is 2.12. The first-order chi connectivity index (χ1) is 8.69. The van der Waals surface area contributed by atoms with Crippen molar-refractivity contribution in [2.45, 2.75) is 58.9 Å². The molecule has 0 amide bonds. The van der Waals surface area contributed by atoms with Gasteiger partial charge in [0, 0.05) is 18.8 Å². The van der Waals surface area contributed by atoms with Crippen LogP contribution in [0.2, 0.25) is 0 Å². The molecule has 0 aliphatic heterocycles. The van der Waals surface area contributed by atoms with Gasteiger partial charge in [-0.05, 0) is 57.1 Å². The smallest absolute Gasteiger partial charge is 0.0630 e. The number of nitrogens with one attached hydrogen (secondary N) is 1. The van der Waals surface area contributed by atoms with E-state index in [4.69, 9.17) is 5.10 Å². The van der Waals surface area contributed by atoms with Crippen molar-refractivity contribution in [1.82, 2.24) is 15.1 Å². The Kier molecular flexibility index (Phi) is 4.44. The quantitative estimate of drug-likeness (QED) is 0.717. The van der Waals surface area contributed by atoms with Crippen molar-refractivity contribution in [3.63, 3.8) is 0 Å². The minimum absolute atomic E-state index is 0.518. The van der Waals surface area contributed by atoms with Gasteiger partial charge in [0.1, 0.15) is 0 Å². The third-order valence-electron chi connectivity index (χ3n) is 4.15. The highest BCUT2D eigenvalue weighted by molar-refractivity contribution is 5.09. The Morgan fingerprint density at radius 2 is 2.22 bits per heavy atom. The summed E-state index contributed by atoms with van der Waals surface area (Å²) in [5, 5.41) is 8.29. The number of hydrogen-bond acceptors (Lipinski definition) is 2. The van der Waals surface area contributed by atoms with Gasteiger partial charge in [0.25, 0.3) is 0 Å². The van der Waals surface area contributed by atoms with Crippen LogP contribution in [-0.4, -0.2) is 22.9 Å². The van der Waals surface area contributed by atoms with Crippen molar-refractivity contribution < 1.29 is 0 Å². The fraction of sp³-hybridized carbons (Fsp3) is 0.800. The molecule has 3 nitrogen and oxygen atoms in total. The van der Waals surface area contributed by atoms with Crippen LogP contribution in [0.3, 0.4) is 0 Å². The van der Waals surface area contributed by atoms with Crippen LogP contribution in [0.25, 0.3) is 0 Å². The predicted octanol–water partition coefficient (Wildman–Crippen LogP) is 3.18. The van der Waals surface area contributed by atoms with Gasteiger partial charge in [-0.25, -0.2) is 0 Å². The number of hydrogen-bond donors (Lipinski definition) is 1. The maximum absolute atomic E-state index is 4.72. The first kappa shape index (κ1) is 13.6. The summed E-state index contributed by atoms with van der Waals surface area (Å²) in [5.74, 6) is 0. The second-order valence-corrected chi connectivity index (χ2v) is 5.90. The van der Waals surface area contributed by atoms with E-state index in [1.165, 1.54) is 25.0 Å². The average Bonchev–Trinajstić information content (AvgIpc) is 2.97. The lowest BCUT2D eigenvalue weighted by atomic mass is 10.0. The summed E-state index contributed by atoms with van der Waals surface area (Å²) in [6.45, 7) is 8.97. The van der Waals surface area contributed by atoms with Gasteiger partial charge in [-0.1, -0.05) is 13.8 Å². The highest BCUT2D eigenvalue weighted by Gasteiger charge is 2.42. The standard InChI is InChI=1S/C15H27N3/c1-4-9-16-12-15(7-8-15)11-14-6-10-18(17-14)13(3)5-2/h6,10,13,16H,4-5,7-9,11-12H2,1-3H3. The van der Waals surface area contributed by atoms with E-state index < -0.39 is 0 Å². The molecule has 1 fully saturated rings. The fourth-order valence-corrected chi connectivity index (χ4v) is 2.41. The molecule has 0 radical (unpaired) electrons. The minimum Gasteiger partial charge on any atom is -0.316 e. The van der Waals surface area contributed by atoms with Gasteiger partial charge in [-0.15, -0.1) is 0 Å². The van der Waals surface area contributed by atoms with Crippen molar-refractivity contribution in [2.24, 2.45) is 5.41 Å². The SMILES string of the molecule is CCCNCC1(Cc2ccn(C(C)CC)n2)CC1. The Morgan fingerprint density at radius 3 is 2.83 bits per heavy atom. The van der Waals surface area contributed by atoms with Crippen LogP contribution in [-0.2, 0) is 6.42 Å². The van der Waals surface area contributed by atoms with Crippen molar-refractivity contribution in [3.05, 3.63) is 18.0 Å². The van der Waals surface area contributed by atoms with E-state index >= 15 is 0 Å². The molecule has 0 bridgehead atoms. The normalized spacial score (nSPS) is 18.8. The molecule has 0 aromatic carbocycles. The molecule has 1 saturated carbocycles. The van der Waals surface area contributed by atoms with Gasteiger partial charge in [-0.3, -0.25) is 4.68 Å². The molecular weight excluding hydrogens is 222 g/mol. The largest absolute Gasteiger partial charge is 0.316 e. The van der Waals surface area contributed by atoms with Gasteiger partial charge < -0.3 is 5.32 Å². The van der Waals surface area contributed by atoms with Crippen LogP contribution in [0.1, 0.15) is 58.2 Å². The third-order valence-corrected chi connectivity index (χ3v) is 4.15. The molecule has 1 aliphatic carbocycles. The van der Waals surface area contributed by atoms with Crippen LogP contribution in [0.15, 0.2) is 12.3 Å². The monoisotopic (exact) mass is 249 g/mol. The van der Waals surface area contributed by atoms with Crippen molar-refractivity contribution in [1.29, 1.82) is 0 Å². The second-order valence-electron chi connectivity index (χ2n) is 5.90. The molecule has 1 atom stereocenters. The Hall–Kier alpha value is -0.830. The molecule has 18 heavy (non-hydrogen) atoms. The van der Waals surface area contributed by atoms with Gasteiger partial charge >= 0.3 is 0 Å². The lowest BCUT2D eigenvalue weighted by Gasteiger charge is -2.14. The second kappa shape index (κ2) is 5.87. The van der Waals surface area contributed by atoms with Gasteiger partial charge in [-0.2, -0.15) is 5.10 Å². The third kappa shape index (κ3) is 3.35. The topological polar surface area (TPSA) is 29.9 Å². The average molecular weight is 249 g/mol. The highest BCUT2D eigenvalue weighted by atomic mass is 15.3. The predicted molar refractivity (Wildman–Crippen MR) is 75.8 cm³/mol. The van der Waals surface area contributed by atoms with E-state index in [0.717, 1.165) is 25.9 Å². The van der Waals surface area contributed by atoms with Crippen molar-refractivity contribution in [2.75, 3.05) is 13.1 Å². The van der Waals surface area contributed by atoms with Crippen LogP contribution in [0.4, 0.5) is 0 Å². The molecule has 1 aliphatic rings. The van der Waals surface area contributed by atoms with Crippen molar-refractivity contribution in [3.8, 4) is 0 Å². The zero-order valence-corrected chi connectivity index (χ0v) is 12.1. The first-order valence-corrected chi connectivity index (χ1v) is 7.44. The van der Waals surface area contributed by atoms with E-state index in [9.17, 15) is 0 Å². The van der Waals surface area contributed by atoms with E-state index in [1.807, 2.05) is 0 Å². The summed E-state index contributed by atoms with van der Waals surface area (Å²) in [6.07, 6.45) is 8.37. The van der Waals surface area contributed by atoms with Crippen LogP contribution >= 0.6 is 0 Å². The minimum atomic E-state index is 0.518. The summed E-state index contributed by atoms with van der Waals surface area (Å²) >= 11 is 0. The van der Waals surface area contributed by atoms with E-state index in [2.05, 4.69) is 43.0 Å². The first-order valence-electron chi connectivity index (χ1n) is 7.44. The Labute approximate surface area is 111 Å². The maximum atomic E-state index is 4.72. The molecule has 1 heterocycles. The summed E-state index contributed by atoms with van der Waals surface area (Å²) in [6, 6.07) is 2.72. The van der Waals surface area contributed by atoms with E-state index in [-0.39, 0.29) is 0 Å². The Balaban J connectivity index is 1.87. The van der Waals surface area contributed by atoms with Gasteiger partial charge in [0.05, 0.1) is 5.69 Å². The van der Waals surface area contributed by atoms with Crippen LogP contribution < -0.4 is 5.32 Å². The maximum Gasteiger partial charge on any atom is 0.0630 e. The molecular formula is C15H27N3. The fourth-order valence-electron chi connectivity index (χ4n) is 2.41. The molecule has 0 spiro atoms. The molecule has 3 heteroatoms. The molecule has 2 rings (SSSR count). The molecule has 102 valence electrons. The van der Waals surface area contributed by atoms with Crippen LogP contribution in [0, 0.1) is 5.41 Å². The number of aromatic nitrogens is 2. The van der Waals surface area contributed by atoms with E-state index in [1.54, 1.807) is 0 Å². The number of rotatable bonds is 8. The van der Waals surface area contributed by atoms with Crippen LogP contribution in [0.5, 0.6) is 0 Å². The molecule has 1 aromatic rings. The molecule has 0 saturated heterocycles. The lowest BCUT2D eigenvalue weighted by Crippen LogP contribution is -2.26. The van der Waals surface area contributed by atoms with Crippen molar-refractivity contribution >= 4 is 0 Å². The molecule has 1 unspecified atom stereocenters. The van der Waals surface area contributed by atoms with E-state index in [0.29, 0.717) is 11.5 Å². The zero-order chi connectivity index (χ0) is 13.0. The summed E-state index contributed by atoms with van der Waals surface area (Å²) in [5.41, 5.74) is 1.79. The zero-order valence-electron chi connectivity index (χ0n) is 12.1.